The molecule has 0 radical (unpaired) electrons. The Morgan fingerprint density at radius 2 is 1.89 bits per heavy atom. The largest absolute Gasteiger partial charge is 0.392 e. The van der Waals surface area contributed by atoms with Crippen LogP contribution in [-0.4, -0.2) is 21.9 Å². The molecule has 0 aliphatic carbocycles. The molecule has 1 aromatic carbocycles. The molecule has 2 rings (SSSR count). The SMILES string of the molecule is OC(CSc1ccccc1Br)Cc1ccncc1. The van der Waals surface area contributed by atoms with Gasteiger partial charge in [0.2, 0.25) is 0 Å². The van der Waals surface area contributed by atoms with Crippen LogP contribution in [0.3, 0.4) is 0 Å². The smallest absolute Gasteiger partial charge is 0.0674 e. The topological polar surface area (TPSA) is 33.1 Å². The van der Waals surface area contributed by atoms with E-state index in [1.54, 1.807) is 24.2 Å². The maximum atomic E-state index is 10.00. The first kappa shape index (κ1) is 13.6. The minimum absolute atomic E-state index is 0.343. The molecule has 1 heterocycles. The van der Waals surface area contributed by atoms with Gasteiger partial charge in [-0.25, -0.2) is 0 Å². The highest BCUT2D eigenvalue weighted by Crippen LogP contribution is 2.27. The van der Waals surface area contributed by atoms with Crippen LogP contribution in [-0.2, 0) is 6.42 Å². The summed E-state index contributed by atoms with van der Waals surface area (Å²) in [4.78, 5) is 5.12. The number of hydrogen-bond donors (Lipinski definition) is 1. The van der Waals surface area contributed by atoms with Crippen molar-refractivity contribution in [1.29, 1.82) is 0 Å². The second-order valence-electron chi connectivity index (χ2n) is 3.95. The Balaban J connectivity index is 1.86. The molecule has 1 atom stereocenters. The maximum absolute atomic E-state index is 10.00. The fourth-order valence-corrected chi connectivity index (χ4v) is 3.10. The third kappa shape index (κ3) is 4.12. The van der Waals surface area contributed by atoms with Gasteiger partial charge in [-0.05, 0) is 52.2 Å². The summed E-state index contributed by atoms with van der Waals surface area (Å²) in [5.41, 5.74) is 1.12. The van der Waals surface area contributed by atoms with Crippen LogP contribution < -0.4 is 0 Å². The van der Waals surface area contributed by atoms with Crippen LogP contribution >= 0.6 is 27.7 Å². The first-order valence-electron chi connectivity index (χ1n) is 5.70. The number of pyridine rings is 1. The lowest BCUT2D eigenvalue weighted by atomic mass is 10.1. The summed E-state index contributed by atoms with van der Waals surface area (Å²) in [5, 5.41) is 10.00. The van der Waals surface area contributed by atoms with E-state index in [2.05, 4.69) is 20.9 Å². The molecule has 1 aromatic heterocycles. The fraction of sp³-hybridized carbons (Fsp3) is 0.214. The van der Waals surface area contributed by atoms with Crippen LogP contribution in [0.1, 0.15) is 5.56 Å². The van der Waals surface area contributed by atoms with E-state index in [0.29, 0.717) is 12.2 Å². The van der Waals surface area contributed by atoms with E-state index in [1.165, 1.54) is 0 Å². The lowest BCUT2D eigenvalue weighted by molar-refractivity contribution is 0.200. The highest BCUT2D eigenvalue weighted by atomic mass is 79.9. The summed E-state index contributed by atoms with van der Waals surface area (Å²) in [5.74, 6) is 0.685. The number of aromatic nitrogens is 1. The molecule has 0 saturated heterocycles. The molecule has 0 aliphatic heterocycles. The van der Waals surface area contributed by atoms with E-state index in [9.17, 15) is 5.11 Å². The first-order chi connectivity index (χ1) is 8.75. The van der Waals surface area contributed by atoms with Gasteiger partial charge in [0.15, 0.2) is 0 Å². The molecule has 0 spiro atoms. The van der Waals surface area contributed by atoms with Gasteiger partial charge in [-0.3, -0.25) is 4.98 Å². The van der Waals surface area contributed by atoms with Gasteiger partial charge in [-0.1, -0.05) is 12.1 Å². The number of aliphatic hydroxyl groups is 1. The van der Waals surface area contributed by atoms with E-state index in [4.69, 9.17) is 0 Å². The lowest BCUT2D eigenvalue weighted by Crippen LogP contribution is -2.13. The van der Waals surface area contributed by atoms with Crippen molar-refractivity contribution in [3.8, 4) is 0 Å². The zero-order valence-electron chi connectivity index (χ0n) is 9.79. The number of nitrogens with zero attached hydrogens (tertiary/aromatic N) is 1. The van der Waals surface area contributed by atoms with Gasteiger partial charge in [0.1, 0.15) is 0 Å². The fourth-order valence-electron chi connectivity index (χ4n) is 1.60. The van der Waals surface area contributed by atoms with Crippen LogP contribution in [0, 0.1) is 0 Å². The third-order valence-electron chi connectivity index (χ3n) is 2.49. The second kappa shape index (κ2) is 6.92. The third-order valence-corrected chi connectivity index (χ3v) is 4.66. The minimum Gasteiger partial charge on any atom is -0.392 e. The summed E-state index contributed by atoms with van der Waals surface area (Å²) >= 11 is 5.16. The molecule has 0 bridgehead atoms. The Bertz CT molecular complexity index is 492. The second-order valence-corrected chi connectivity index (χ2v) is 5.87. The summed E-state index contributed by atoms with van der Waals surface area (Å²) < 4.78 is 1.08. The normalized spacial score (nSPS) is 12.3. The van der Waals surface area contributed by atoms with Gasteiger partial charge in [0, 0.05) is 27.5 Å². The number of halogens is 1. The van der Waals surface area contributed by atoms with Gasteiger partial charge >= 0.3 is 0 Å². The quantitative estimate of drug-likeness (QED) is 0.854. The summed E-state index contributed by atoms with van der Waals surface area (Å²) in [6.07, 6.45) is 3.83. The number of aliphatic hydroxyl groups excluding tert-OH is 1. The molecule has 4 heteroatoms. The van der Waals surface area contributed by atoms with Crippen molar-refractivity contribution in [3.05, 3.63) is 58.8 Å². The molecule has 18 heavy (non-hydrogen) atoms. The standard InChI is InChI=1S/C14H14BrNOS/c15-13-3-1-2-4-14(13)18-10-12(17)9-11-5-7-16-8-6-11/h1-8,12,17H,9-10H2. The van der Waals surface area contributed by atoms with Crippen molar-refractivity contribution in [2.45, 2.75) is 17.4 Å². The molecule has 1 unspecified atom stereocenters. The zero-order valence-corrected chi connectivity index (χ0v) is 12.2. The molecular formula is C14H14BrNOS. The van der Waals surface area contributed by atoms with Gasteiger partial charge in [-0.2, -0.15) is 0 Å². The van der Waals surface area contributed by atoms with Crippen molar-refractivity contribution >= 4 is 27.7 Å². The minimum atomic E-state index is -0.343. The molecular weight excluding hydrogens is 310 g/mol. The average Bonchev–Trinajstić information content (AvgIpc) is 2.39. The Hall–Kier alpha value is -0.840. The highest BCUT2D eigenvalue weighted by Gasteiger charge is 2.07. The van der Waals surface area contributed by atoms with Crippen LogP contribution in [0.15, 0.2) is 58.2 Å². The summed E-state index contributed by atoms with van der Waals surface area (Å²) in [6.45, 7) is 0. The monoisotopic (exact) mass is 323 g/mol. The van der Waals surface area contributed by atoms with Crippen molar-refractivity contribution < 1.29 is 5.11 Å². The molecule has 94 valence electrons. The Morgan fingerprint density at radius 3 is 2.61 bits per heavy atom. The van der Waals surface area contributed by atoms with Crippen LogP contribution in [0.5, 0.6) is 0 Å². The van der Waals surface area contributed by atoms with Crippen molar-refractivity contribution in [2.24, 2.45) is 0 Å². The van der Waals surface area contributed by atoms with Crippen LogP contribution in [0.25, 0.3) is 0 Å². The van der Waals surface area contributed by atoms with Crippen LogP contribution in [0.4, 0.5) is 0 Å². The van der Waals surface area contributed by atoms with Crippen molar-refractivity contribution in [3.63, 3.8) is 0 Å². The molecule has 2 nitrogen and oxygen atoms in total. The predicted octanol–water partition coefficient (Wildman–Crippen LogP) is 3.54. The van der Waals surface area contributed by atoms with E-state index in [-0.39, 0.29) is 6.10 Å². The van der Waals surface area contributed by atoms with E-state index >= 15 is 0 Å². The van der Waals surface area contributed by atoms with Crippen LogP contribution in [0.2, 0.25) is 0 Å². The van der Waals surface area contributed by atoms with Gasteiger partial charge in [-0.15, -0.1) is 11.8 Å². The molecule has 0 saturated carbocycles. The predicted molar refractivity (Wildman–Crippen MR) is 78.8 cm³/mol. The summed E-state index contributed by atoms with van der Waals surface area (Å²) in [6, 6.07) is 11.9. The number of rotatable bonds is 5. The Labute approximate surface area is 120 Å². The molecule has 1 N–H and O–H groups in total. The summed E-state index contributed by atoms with van der Waals surface area (Å²) in [7, 11) is 0. The lowest BCUT2D eigenvalue weighted by Gasteiger charge is -2.10. The average molecular weight is 324 g/mol. The zero-order chi connectivity index (χ0) is 12.8. The number of benzene rings is 1. The molecule has 0 aliphatic rings. The molecule has 0 amide bonds. The highest BCUT2D eigenvalue weighted by molar-refractivity contribution is 9.10. The van der Waals surface area contributed by atoms with Gasteiger partial charge in [0.05, 0.1) is 6.10 Å². The number of thioether (sulfide) groups is 1. The first-order valence-corrected chi connectivity index (χ1v) is 7.48. The van der Waals surface area contributed by atoms with E-state index < -0.39 is 0 Å². The van der Waals surface area contributed by atoms with Gasteiger partial charge in [0.25, 0.3) is 0 Å². The molecule has 0 fully saturated rings. The van der Waals surface area contributed by atoms with Crippen molar-refractivity contribution in [1.82, 2.24) is 4.98 Å². The van der Waals surface area contributed by atoms with E-state index in [0.717, 1.165) is 14.9 Å². The Morgan fingerprint density at radius 1 is 1.17 bits per heavy atom. The van der Waals surface area contributed by atoms with Crippen molar-refractivity contribution in [2.75, 3.05) is 5.75 Å². The Kier molecular flexibility index (Phi) is 5.23. The van der Waals surface area contributed by atoms with Gasteiger partial charge < -0.3 is 5.11 Å². The maximum Gasteiger partial charge on any atom is 0.0674 e. The number of hydrogen-bond acceptors (Lipinski definition) is 3. The molecule has 2 aromatic rings. The van der Waals surface area contributed by atoms with E-state index in [1.807, 2.05) is 36.4 Å².